The summed E-state index contributed by atoms with van der Waals surface area (Å²) < 4.78 is 62.4. The van der Waals surface area contributed by atoms with Crippen LogP contribution in [0.5, 0.6) is 0 Å². The summed E-state index contributed by atoms with van der Waals surface area (Å²) in [6.45, 7) is 2.70. The largest absolute Gasteiger partial charge is 0.417 e. The number of nitrogens with zero attached hydrogens (tertiary/aromatic N) is 1. The maximum atomic E-state index is 13.0. The van der Waals surface area contributed by atoms with E-state index < -0.39 is 38.5 Å². The smallest absolute Gasteiger partial charge is 0.383 e. The fourth-order valence-corrected chi connectivity index (χ4v) is 3.62. The predicted molar refractivity (Wildman–Crippen MR) is 81.9 cm³/mol. The summed E-state index contributed by atoms with van der Waals surface area (Å²) in [5, 5.41) is 19.6. The molecule has 130 valence electrons. The van der Waals surface area contributed by atoms with Gasteiger partial charge >= 0.3 is 6.18 Å². The average Bonchev–Trinajstić information content (AvgIpc) is 2.87. The first kappa shape index (κ1) is 18.3. The van der Waals surface area contributed by atoms with Crippen LogP contribution in [0.2, 0.25) is 0 Å². The molecule has 2 rings (SSSR count). The van der Waals surface area contributed by atoms with Crippen molar-refractivity contribution in [2.75, 3.05) is 11.5 Å². The summed E-state index contributed by atoms with van der Waals surface area (Å²) in [5.74, 6) is -0.735. The number of halogens is 3. The third-order valence-electron chi connectivity index (χ3n) is 3.71. The molecule has 0 amide bonds. The number of hydrogen-bond donors (Lipinski definition) is 2. The van der Waals surface area contributed by atoms with Crippen molar-refractivity contribution in [1.82, 2.24) is 4.98 Å². The summed E-state index contributed by atoms with van der Waals surface area (Å²) in [6, 6.07) is 4.68. The lowest BCUT2D eigenvalue weighted by Gasteiger charge is -2.21. The van der Waals surface area contributed by atoms with Gasteiger partial charge in [-0.25, -0.2) is 8.42 Å². The number of fused-ring (bicyclic) bond motifs is 1. The Morgan fingerprint density at radius 3 is 2.42 bits per heavy atom. The molecule has 5 nitrogen and oxygen atoms in total. The summed E-state index contributed by atoms with van der Waals surface area (Å²) in [5.41, 5.74) is -3.30. The molecular formula is C15H15F3N2O3S. The zero-order valence-corrected chi connectivity index (χ0v) is 13.7. The molecule has 1 atom stereocenters. The van der Waals surface area contributed by atoms with E-state index in [4.69, 9.17) is 5.26 Å². The van der Waals surface area contributed by atoms with Crippen LogP contribution in [0, 0.1) is 11.3 Å². The molecule has 24 heavy (non-hydrogen) atoms. The number of sulfone groups is 1. The van der Waals surface area contributed by atoms with Crippen molar-refractivity contribution >= 4 is 20.7 Å². The first-order chi connectivity index (χ1) is 10.9. The first-order valence-corrected chi connectivity index (χ1v) is 8.79. The molecule has 0 saturated carbocycles. The van der Waals surface area contributed by atoms with E-state index in [1.807, 2.05) is 0 Å². The van der Waals surface area contributed by atoms with Crippen LogP contribution in [0.4, 0.5) is 13.2 Å². The van der Waals surface area contributed by atoms with E-state index in [0.29, 0.717) is 0 Å². The second kappa shape index (κ2) is 5.79. The van der Waals surface area contributed by atoms with Crippen LogP contribution < -0.4 is 0 Å². The molecule has 2 N–H and O–H groups in total. The van der Waals surface area contributed by atoms with Crippen LogP contribution in [0.3, 0.4) is 0 Å². The Morgan fingerprint density at radius 1 is 1.29 bits per heavy atom. The van der Waals surface area contributed by atoms with Crippen molar-refractivity contribution in [2.45, 2.75) is 25.6 Å². The molecule has 1 heterocycles. The van der Waals surface area contributed by atoms with E-state index in [1.165, 1.54) is 26.0 Å². The number of aliphatic hydroxyl groups is 1. The quantitative estimate of drug-likeness (QED) is 0.877. The zero-order chi connectivity index (χ0) is 18.3. The van der Waals surface area contributed by atoms with Crippen LogP contribution in [0.25, 0.3) is 10.9 Å². The molecule has 0 unspecified atom stereocenters. The van der Waals surface area contributed by atoms with Crippen molar-refractivity contribution in [2.24, 2.45) is 0 Å². The highest BCUT2D eigenvalue weighted by atomic mass is 32.2. The van der Waals surface area contributed by atoms with Crippen molar-refractivity contribution in [3.63, 3.8) is 0 Å². The standard InChI is InChI=1S/C15H15F3N2O3S/c1-3-24(22,23)8-14(2,21)13-5-9-4-10(7-19)11(15(16,17)18)6-12(9)20-13/h4-6,20-21H,3,8H2,1-2H3/t14-/m0/s1. The van der Waals surface area contributed by atoms with Crippen LogP contribution in [-0.4, -0.2) is 30.0 Å². The molecule has 1 aromatic heterocycles. The van der Waals surface area contributed by atoms with Gasteiger partial charge in [0.1, 0.15) is 5.60 Å². The Labute approximate surface area is 136 Å². The number of hydrogen-bond acceptors (Lipinski definition) is 4. The van der Waals surface area contributed by atoms with Gasteiger partial charge in [-0.15, -0.1) is 0 Å². The molecule has 0 spiro atoms. The number of nitriles is 1. The fourth-order valence-electron chi connectivity index (χ4n) is 2.41. The van der Waals surface area contributed by atoms with E-state index in [9.17, 15) is 26.7 Å². The number of H-pyrrole nitrogens is 1. The zero-order valence-electron chi connectivity index (χ0n) is 12.9. The van der Waals surface area contributed by atoms with Crippen LogP contribution in [-0.2, 0) is 21.6 Å². The summed E-state index contributed by atoms with van der Waals surface area (Å²) in [6.07, 6.45) is -4.70. The molecule has 2 aromatic rings. The molecule has 0 radical (unpaired) electrons. The normalized spacial score (nSPS) is 15.2. The lowest BCUT2D eigenvalue weighted by molar-refractivity contribution is -0.137. The van der Waals surface area contributed by atoms with Crippen LogP contribution in [0.1, 0.15) is 30.7 Å². The summed E-state index contributed by atoms with van der Waals surface area (Å²) in [7, 11) is -3.51. The molecule has 0 aliphatic carbocycles. The Bertz CT molecular complexity index is 922. The number of rotatable bonds is 4. The number of alkyl halides is 3. The average molecular weight is 360 g/mol. The highest BCUT2D eigenvalue weighted by molar-refractivity contribution is 7.91. The SMILES string of the molecule is CCS(=O)(=O)C[C@](C)(O)c1cc2cc(C#N)c(C(F)(F)F)cc2[nH]1. The minimum Gasteiger partial charge on any atom is -0.383 e. The van der Waals surface area contributed by atoms with E-state index >= 15 is 0 Å². The van der Waals surface area contributed by atoms with Gasteiger partial charge in [-0.05, 0) is 25.1 Å². The van der Waals surface area contributed by atoms with E-state index in [0.717, 1.165) is 12.1 Å². The molecule has 0 aliphatic heterocycles. The monoisotopic (exact) mass is 360 g/mol. The highest BCUT2D eigenvalue weighted by Gasteiger charge is 2.35. The maximum absolute atomic E-state index is 13.0. The predicted octanol–water partition coefficient (Wildman–Crippen LogP) is 2.70. The van der Waals surface area contributed by atoms with Gasteiger partial charge in [-0.3, -0.25) is 0 Å². The second-order valence-electron chi connectivity index (χ2n) is 5.73. The van der Waals surface area contributed by atoms with Crippen molar-refractivity contribution in [3.8, 4) is 6.07 Å². The molecule has 0 fully saturated rings. The van der Waals surface area contributed by atoms with Crippen LogP contribution in [0.15, 0.2) is 18.2 Å². The second-order valence-corrected chi connectivity index (χ2v) is 8.08. The Hall–Kier alpha value is -2.05. The van der Waals surface area contributed by atoms with Crippen molar-refractivity contribution < 1.29 is 26.7 Å². The highest BCUT2D eigenvalue weighted by Crippen LogP contribution is 2.35. The Balaban J connectivity index is 2.58. The number of benzene rings is 1. The molecule has 0 saturated heterocycles. The summed E-state index contributed by atoms with van der Waals surface area (Å²) in [4.78, 5) is 2.62. The molecule has 0 aliphatic rings. The van der Waals surface area contributed by atoms with E-state index in [-0.39, 0.29) is 22.3 Å². The van der Waals surface area contributed by atoms with Gasteiger partial charge in [0.25, 0.3) is 0 Å². The minimum atomic E-state index is -4.70. The molecule has 9 heteroatoms. The lowest BCUT2D eigenvalue weighted by atomic mass is 10.0. The molecule has 1 aromatic carbocycles. The van der Waals surface area contributed by atoms with Crippen LogP contribution >= 0.6 is 0 Å². The van der Waals surface area contributed by atoms with Crippen molar-refractivity contribution in [1.29, 1.82) is 5.26 Å². The Morgan fingerprint density at radius 2 is 1.92 bits per heavy atom. The number of aromatic nitrogens is 1. The van der Waals surface area contributed by atoms with Gasteiger partial charge in [-0.1, -0.05) is 6.92 Å². The number of aromatic amines is 1. The van der Waals surface area contributed by atoms with Gasteiger partial charge in [-0.2, -0.15) is 18.4 Å². The van der Waals surface area contributed by atoms with Crippen molar-refractivity contribution in [3.05, 3.63) is 35.0 Å². The first-order valence-electron chi connectivity index (χ1n) is 6.97. The number of nitrogens with one attached hydrogen (secondary N) is 1. The van der Waals surface area contributed by atoms with E-state index in [1.54, 1.807) is 0 Å². The van der Waals surface area contributed by atoms with Gasteiger partial charge in [0.2, 0.25) is 0 Å². The van der Waals surface area contributed by atoms with E-state index in [2.05, 4.69) is 4.98 Å². The Kier molecular flexibility index (Phi) is 4.41. The third-order valence-corrected chi connectivity index (χ3v) is 5.59. The molecular weight excluding hydrogens is 345 g/mol. The lowest BCUT2D eigenvalue weighted by Crippen LogP contribution is -2.32. The van der Waals surface area contributed by atoms with Gasteiger partial charge in [0.15, 0.2) is 9.84 Å². The topological polar surface area (TPSA) is 93.9 Å². The minimum absolute atomic E-state index is 0.0606. The summed E-state index contributed by atoms with van der Waals surface area (Å²) >= 11 is 0. The van der Waals surface area contributed by atoms with Gasteiger partial charge in [0, 0.05) is 22.3 Å². The third kappa shape index (κ3) is 3.55. The fraction of sp³-hybridized carbons (Fsp3) is 0.400. The molecule has 0 bridgehead atoms. The van der Waals surface area contributed by atoms with Gasteiger partial charge < -0.3 is 10.1 Å². The maximum Gasteiger partial charge on any atom is 0.417 e. The van der Waals surface area contributed by atoms with Gasteiger partial charge in [0.05, 0.1) is 22.9 Å².